The van der Waals surface area contributed by atoms with Crippen molar-refractivity contribution in [3.63, 3.8) is 0 Å². The zero-order valence-electron chi connectivity index (χ0n) is 11.6. The van der Waals surface area contributed by atoms with Gasteiger partial charge in [-0.2, -0.15) is 0 Å². The number of nitrogens with zero attached hydrogens (tertiary/aromatic N) is 1. The topological polar surface area (TPSA) is 37.4 Å². The first-order valence-corrected chi connectivity index (χ1v) is 7.21. The zero-order valence-corrected chi connectivity index (χ0v) is 12.4. The van der Waals surface area contributed by atoms with Gasteiger partial charge in [-0.15, -0.1) is 0 Å². The van der Waals surface area contributed by atoms with Gasteiger partial charge in [-0.1, -0.05) is 42.8 Å². The Kier molecular flexibility index (Phi) is 3.52. The van der Waals surface area contributed by atoms with Gasteiger partial charge in [0.25, 0.3) is 11.7 Å². The van der Waals surface area contributed by atoms with E-state index in [4.69, 9.17) is 11.6 Å². The van der Waals surface area contributed by atoms with E-state index < -0.39 is 11.7 Å². The number of fused-ring (bicyclic) bond motifs is 1. The maximum atomic E-state index is 12.1. The number of carbonyl (C=O) groups is 2. The SMILES string of the molecule is CCc1ccc(CN2C(=O)C(=O)c3ccc(Cl)cc32)cc1. The van der Waals surface area contributed by atoms with E-state index in [2.05, 4.69) is 6.92 Å². The van der Waals surface area contributed by atoms with Crippen LogP contribution in [0.3, 0.4) is 0 Å². The Balaban J connectivity index is 1.93. The number of hydrogen-bond acceptors (Lipinski definition) is 2. The van der Waals surface area contributed by atoms with Crippen molar-refractivity contribution >= 4 is 29.0 Å². The van der Waals surface area contributed by atoms with Crippen molar-refractivity contribution in [2.45, 2.75) is 19.9 Å². The molecule has 0 saturated heterocycles. The van der Waals surface area contributed by atoms with Crippen molar-refractivity contribution in [2.75, 3.05) is 4.90 Å². The van der Waals surface area contributed by atoms with Gasteiger partial charge in [0.15, 0.2) is 0 Å². The van der Waals surface area contributed by atoms with Crippen molar-refractivity contribution in [3.8, 4) is 0 Å². The number of ketones is 1. The van der Waals surface area contributed by atoms with Crippen LogP contribution in [-0.4, -0.2) is 11.7 Å². The Morgan fingerprint density at radius 3 is 2.33 bits per heavy atom. The van der Waals surface area contributed by atoms with Crippen LogP contribution in [0.15, 0.2) is 42.5 Å². The van der Waals surface area contributed by atoms with Crippen LogP contribution in [0.4, 0.5) is 5.69 Å². The number of benzene rings is 2. The highest BCUT2D eigenvalue weighted by Gasteiger charge is 2.35. The maximum absolute atomic E-state index is 12.1. The molecule has 1 heterocycles. The highest BCUT2D eigenvalue weighted by Crippen LogP contribution is 2.32. The van der Waals surface area contributed by atoms with Crippen LogP contribution in [-0.2, 0) is 17.8 Å². The van der Waals surface area contributed by atoms with Crippen LogP contribution < -0.4 is 4.90 Å². The summed E-state index contributed by atoms with van der Waals surface area (Å²) in [5.41, 5.74) is 3.25. The summed E-state index contributed by atoms with van der Waals surface area (Å²) in [5.74, 6) is -0.960. The third-order valence-electron chi connectivity index (χ3n) is 3.71. The smallest absolute Gasteiger partial charge is 0.299 e. The Bertz CT molecular complexity index is 722. The van der Waals surface area contributed by atoms with Crippen LogP contribution in [0.2, 0.25) is 5.02 Å². The summed E-state index contributed by atoms with van der Waals surface area (Å²) in [5, 5.41) is 0.516. The van der Waals surface area contributed by atoms with Gasteiger partial charge >= 0.3 is 0 Å². The third kappa shape index (κ3) is 2.45. The number of carbonyl (C=O) groups excluding carboxylic acids is 2. The summed E-state index contributed by atoms with van der Waals surface area (Å²) < 4.78 is 0. The number of aryl methyl sites for hydroxylation is 1. The summed E-state index contributed by atoms with van der Waals surface area (Å²) in [4.78, 5) is 25.6. The molecule has 0 aliphatic carbocycles. The normalized spacial score (nSPS) is 13.7. The van der Waals surface area contributed by atoms with E-state index in [0.717, 1.165) is 12.0 Å². The fourth-order valence-electron chi connectivity index (χ4n) is 2.49. The van der Waals surface area contributed by atoms with Gasteiger partial charge in [-0.05, 0) is 35.7 Å². The monoisotopic (exact) mass is 299 g/mol. The summed E-state index contributed by atoms with van der Waals surface area (Å²) in [7, 11) is 0. The first-order chi connectivity index (χ1) is 10.1. The van der Waals surface area contributed by atoms with E-state index in [-0.39, 0.29) is 0 Å². The molecule has 1 aliphatic rings. The Morgan fingerprint density at radius 1 is 1.00 bits per heavy atom. The Morgan fingerprint density at radius 2 is 1.67 bits per heavy atom. The van der Waals surface area contributed by atoms with Gasteiger partial charge in [-0.25, -0.2) is 0 Å². The van der Waals surface area contributed by atoms with Gasteiger partial charge in [0, 0.05) is 5.02 Å². The molecule has 3 rings (SSSR count). The third-order valence-corrected chi connectivity index (χ3v) is 3.94. The molecule has 0 saturated carbocycles. The second-order valence-corrected chi connectivity index (χ2v) is 5.49. The van der Waals surface area contributed by atoms with Crippen molar-refractivity contribution in [3.05, 3.63) is 64.2 Å². The standard InChI is InChI=1S/C17H14ClNO2/c1-2-11-3-5-12(6-4-11)10-19-15-9-13(18)7-8-14(15)16(20)17(19)21/h3-9H,2,10H2,1H3. The predicted octanol–water partition coefficient (Wildman–Crippen LogP) is 3.63. The summed E-state index contributed by atoms with van der Waals surface area (Å²) in [6.45, 7) is 2.47. The van der Waals surface area contributed by atoms with Crippen molar-refractivity contribution in [2.24, 2.45) is 0 Å². The molecule has 2 aromatic rings. The molecule has 2 aromatic carbocycles. The number of hydrogen-bond donors (Lipinski definition) is 0. The first kappa shape index (κ1) is 13.8. The predicted molar refractivity (Wildman–Crippen MR) is 82.8 cm³/mol. The first-order valence-electron chi connectivity index (χ1n) is 6.83. The lowest BCUT2D eigenvalue weighted by Gasteiger charge is -2.17. The second-order valence-electron chi connectivity index (χ2n) is 5.05. The van der Waals surface area contributed by atoms with Crippen LogP contribution in [0.1, 0.15) is 28.4 Å². The molecule has 0 fully saturated rings. The number of rotatable bonds is 3. The summed E-state index contributed by atoms with van der Waals surface area (Å²) in [6.07, 6.45) is 0.972. The average molecular weight is 300 g/mol. The zero-order chi connectivity index (χ0) is 15.0. The number of Topliss-reactive ketones (excluding diaryl/α,β-unsaturated/α-hetero) is 1. The molecule has 21 heavy (non-hydrogen) atoms. The average Bonchev–Trinajstić information content (AvgIpc) is 2.73. The molecule has 0 spiro atoms. The lowest BCUT2D eigenvalue weighted by Crippen LogP contribution is -2.29. The van der Waals surface area contributed by atoms with Crippen molar-refractivity contribution in [1.29, 1.82) is 0 Å². The molecule has 0 aromatic heterocycles. The van der Waals surface area contributed by atoms with Crippen LogP contribution >= 0.6 is 11.6 Å². The molecule has 1 aliphatic heterocycles. The van der Waals surface area contributed by atoms with Gasteiger partial charge in [-0.3, -0.25) is 9.59 Å². The van der Waals surface area contributed by atoms with Crippen LogP contribution in [0.5, 0.6) is 0 Å². The van der Waals surface area contributed by atoms with Crippen LogP contribution in [0.25, 0.3) is 0 Å². The molecule has 1 amide bonds. The molecule has 3 nitrogen and oxygen atoms in total. The number of anilines is 1. The minimum atomic E-state index is -0.494. The number of halogens is 1. The number of amides is 1. The molecular formula is C17H14ClNO2. The quantitative estimate of drug-likeness (QED) is 0.812. The molecular weight excluding hydrogens is 286 g/mol. The van der Waals surface area contributed by atoms with E-state index in [1.54, 1.807) is 18.2 Å². The molecule has 4 heteroatoms. The van der Waals surface area contributed by atoms with E-state index in [1.165, 1.54) is 10.5 Å². The minimum absolute atomic E-state index is 0.377. The lowest BCUT2D eigenvalue weighted by molar-refractivity contribution is -0.114. The highest BCUT2D eigenvalue weighted by molar-refractivity contribution is 6.52. The summed E-state index contributed by atoms with van der Waals surface area (Å²) in [6, 6.07) is 13.0. The van der Waals surface area contributed by atoms with Gasteiger partial charge in [0.05, 0.1) is 17.8 Å². The van der Waals surface area contributed by atoms with Gasteiger partial charge in [0.1, 0.15) is 0 Å². The van der Waals surface area contributed by atoms with Gasteiger partial charge in [0.2, 0.25) is 0 Å². The minimum Gasteiger partial charge on any atom is -0.300 e. The maximum Gasteiger partial charge on any atom is 0.299 e. The fraction of sp³-hybridized carbons (Fsp3) is 0.176. The largest absolute Gasteiger partial charge is 0.300 e. The van der Waals surface area contributed by atoms with E-state index >= 15 is 0 Å². The van der Waals surface area contributed by atoms with Crippen molar-refractivity contribution in [1.82, 2.24) is 0 Å². The molecule has 0 radical (unpaired) electrons. The van der Waals surface area contributed by atoms with E-state index in [0.29, 0.717) is 22.8 Å². The van der Waals surface area contributed by atoms with Crippen molar-refractivity contribution < 1.29 is 9.59 Å². The molecule has 0 bridgehead atoms. The lowest BCUT2D eigenvalue weighted by atomic mass is 10.1. The summed E-state index contributed by atoms with van der Waals surface area (Å²) >= 11 is 5.98. The van der Waals surface area contributed by atoms with E-state index in [9.17, 15) is 9.59 Å². The molecule has 0 N–H and O–H groups in total. The highest BCUT2D eigenvalue weighted by atomic mass is 35.5. The van der Waals surface area contributed by atoms with Gasteiger partial charge < -0.3 is 4.90 Å². The second kappa shape index (κ2) is 5.34. The Labute approximate surface area is 128 Å². The van der Waals surface area contributed by atoms with E-state index in [1.807, 2.05) is 24.3 Å². The fourth-order valence-corrected chi connectivity index (χ4v) is 2.65. The Hall–Kier alpha value is -2.13. The van der Waals surface area contributed by atoms with Crippen LogP contribution in [0, 0.1) is 0 Å². The molecule has 0 unspecified atom stereocenters. The molecule has 106 valence electrons. The molecule has 0 atom stereocenters.